The van der Waals surface area contributed by atoms with Crippen LogP contribution in [0.15, 0.2) is 67.1 Å². The van der Waals surface area contributed by atoms with Crippen LogP contribution < -0.4 is 4.84 Å². The highest BCUT2D eigenvalue weighted by molar-refractivity contribution is 6.18. The molecule has 0 aliphatic heterocycles. The number of hydrogen-bond donors (Lipinski definition) is 0. The van der Waals surface area contributed by atoms with Crippen LogP contribution in [0.4, 0.5) is 4.39 Å². The number of pyridine rings is 2. The van der Waals surface area contributed by atoms with E-state index in [1.165, 1.54) is 12.1 Å². The Morgan fingerprint density at radius 2 is 1.73 bits per heavy atom. The molecule has 0 atom stereocenters. The van der Waals surface area contributed by atoms with Crippen LogP contribution in [0, 0.1) is 5.82 Å². The normalized spacial score (nSPS) is 11.0. The first-order valence-corrected chi connectivity index (χ1v) is 8.68. The predicted octanol–water partition coefficient (Wildman–Crippen LogP) is 4.57. The van der Waals surface area contributed by atoms with Crippen molar-refractivity contribution in [1.82, 2.24) is 14.7 Å². The minimum Gasteiger partial charge on any atom is -0.412 e. The molecule has 4 aromatic rings. The van der Waals surface area contributed by atoms with Crippen LogP contribution in [0.5, 0.6) is 0 Å². The van der Waals surface area contributed by atoms with Crippen LogP contribution in [0.2, 0.25) is 0 Å². The molecule has 0 saturated heterocycles. The molecule has 0 radical (unpaired) electrons. The number of fused-ring (bicyclic) bond motifs is 1. The molecule has 4 rings (SSSR count). The fourth-order valence-corrected chi connectivity index (χ4v) is 3.08. The molecule has 26 heavy (non-hydrogen) atoms. The summed E-state index contributed by atoms with van der Waals surface area (Å²) >= 11 is 5.84. The van der Waals surface area contributed by atoms with Gasteiger partial charge in [0.25, 0.3) is 0 Å². The summed E-state index contributed by atoms with van der Waals surface area (Å²) in [5.74, 6) is 0.0796. The van der Waals surface area contributed by atoms with Crippen LogP contribution >= 0.6 is 11.6 Å². The molecule has 0 bridgehead atoms. The second-order valence-corrected chi connectivity index (χ2v) is 6.03. The smallest absolute Gasteiger partial charge is 0.128 e. The summed E-state index contributed by atoms with van der Waals surface area (Å²) in [7, 11) is 0. The summed E-state index contributed by atoms with van der Waals surface area (Å²) in [6.45, 7) is 0.348. The van der Waals surface area contributed by atoms with Crippen molar-refractivity contribution >= 4 is 22.6 Å². The lowest BCUT2D eigenvalue weighted by molar-refractivity contribution is 0.138. The van der Waals surface area contributed by atoms with E-state index in [0.29, 0.717) is 12.5 Å². The van der Waals surface area contributed by atoms with E-state index < -0.39 is 0 Å². The molecule has 4 nitrogen and oxygen atoms in total. The minimum atomic E-state index is -0.283. The Morgan fingerprint density at radius 3 is 2.46 bits per heavy atom. The Kier molecular flexibility index (Phi) is 4.54. The Morgan fingerprint density at radius 1 is 0.962 bits per heavy atom. The quantitative estimate of drug-likeness (QED) is 0.485. The second-order valence-electron chi connectivity index (χ2n) is 5.65. The zero-order valence-electron chi connectivity index (χ0n) is 13.8. The average molecular weight is 368 g/mol. The van der Waals surface area contributed by atoms with Gasteiger partial charge in [0.15, 0.2) is 0 Å². The van der Waals surface area contributed by atoms with Gasteiger partial charge >= 0.3 is 0 Å². The van der Waals surface area contributed by atoms with E-state index in [1.54, 1.807) is 35.5 Å². The van der Waals surface area contributed by atoms with Gasteiger partial charge in [-0.25, -0.2) is 4.39 Å². The van der Waals surface area contributed by atoms with Gasteiger partial charge in [-0.2, -0.15) is 4.73 Å². The number of rotatable bonds is 5. The van der Waals surface area contributed by atoms with Gasteiger partial charge in [0, 0.05) is 29.7 Å². The molecule has 1 aromatic carbocycles. The van der Waals surface area contributed by atoms with Gasteiger partial charge in [-0.05, 0) is 42.0 Å². The summed E-state index contributed by atoms with van der Waals surface area (Å²) < 4.78 is 15.2. The van der Waals surface area contributed by atoms with E-state index >= 15 is 0 Å². The highest BCUT2D eigenvalue weighted by atomic mass is 35.5. The molecule has 0 N–H and O–H groups in total. The lowest BCUT2D eigenvalue weighted by atomic mass is 10.0. The Hall–Kier alpha value is -2.92. The third-order valence-corrected chi connectivity index (χ3v) is 4.22. The predicted molar refractivity (Wildman–Crippen MR) is 101 cm³/mol. The zero-order valence-corrected chi connectivity index (χ0v) is 14.5. The second kappa shape index (κ2) is 7.14. The van der Waals surface area contributed by atoms with E-state index in [-0.39, 0.29) is 5.82 Å². The van der Waals surface area contributed by atoms with Gasteiger partial charge < -0.3 is 4.84 Å². The van der Waals surface area contributed by atoms with Crippen LogP contribution in [-0.4, -0.2) is 27.2 Å². The molecule has 0 aliphatic rings. The Balaban J connectivity index is 2.06. The lowest BCUT2D eigenvalue weighted by Crippen LogP contribution is -2.14. The summed E-state index contributed by atoms with van der Waals surface area (Å²) in [6, 6.07) is 14.0. The zero-order chi connectivity index (χ0) is 17.9. The van der Waals surface area contributed by atoms with Gasteiger partial charge in [-0.15, -0.1) is 11.6 Å². The minimum absolute atomic E-state index is 0.283. The lowest BCUT2D eigenvalue weighted by Gasteiger charge is -2.12. The van der Waals surface area contributed by atoms with Gasteiger partial charge in [0.2, 0.25) is 0 Å². The van der Waals surface area contributed by atoms with Crippen molar-refractivity contribution in [3.63, 3.8) is 0 Å². The van der Waals surface area contributed by atoms with Gasteiger partial charge in [0.05, 0.1) is 11.6 Å². The fourth-order valence-electron chi connectivity index (χ4n) is 3.01. The number of aromatic nitrogens is 3. The largest absolute Gasteiger partial charge is 0.412 e. The van der Waals surface area contributed by atoms with Crippen LogP contribution in [0.1, 0.15) is 0 Å². The molecule has 0 unspecified atom stereocenters. The molecule has 0 saturated carbocycles. The summed E-state index contributed by atoms with van der Waals surface area (Å²) in [6.07, 6.45) is 5.18. The van der Waals surface area contributed by atoms with E-state index in [9.17, 15) is 4.39 Å². The maximum atomic E-state index is 13.4. The first-order chi connectivity index (χ1) is 12.8. The van der Waals surface area contributed by atoms with E-state index in [1.807, 2.05) is 24.3 Å². The first kappa shape index (κ1) is 16.5. The van der Waals surface area contributed by atoms with E-state index in [4.69, 9.17) is 16.4 Å². The topological polar surface area (TPSA) is 39.9 Å². The molecule has 6 heteroatoms. The molecule has 3 heterocycles. The van der Waals surface area contributed by atoms with Gasteiger partial charge in [-0.1, -0.05) is 12.1 Å². The number of benzene rings is 1. The van der Waals surface area contributed by atoms with Crippen molar-refractivity contribution in [1.29, 1.82) is 0 Å². The van der Waals surface area contributed by atoms with Crippen LogP contribution in [0.3, 0.4) is 0 Å². The van der Waals surface area contributed by atoms with E-state index in [2.05, 4.69) is 9.97 Å². The molecular formula is C20H15ClFN3O. The Bertz CT molecular complexity index is 1030. The highest BCUT2D eigenvalue weighted by Crippen LogP contribution is 2.39. The van der Waals surface area contributed by atoms with Gasteiger partial charge in [-0.3, -0.25) is 9.97 Å². The van der Waals surface area contributed by atoms with Crippen LogP contribution in [-0.2, 0) is 0 Å². The third-order valence-electron chi connectivity index (χ3n) is 4.07. The van der Waals surface area contributed by atoms with Crippen LogP contribution in [0.25, 0.3) is 33.4 Å². The third kappa shape index (κ3) is 2.91. The molecule has 0 aliphatic carbocycles. The SMILES string of the molecule is Fc1ccc(-c2c(-c3ccncc3)n(OCCCl)c3cccnc23)cc1. The highest BCUT2D eigenvalue weighted by Gasteiger charge is 2.22. The summed E-state index contributed by atoms with van der Waals surface area (Å²) in [5, 5.41) is 0. The standard InChI is InChI=1S/C20H15ClFN3O/c21-9-13-26-25-17-2-1-10-24-19(17)18(14-3-5-16(22)6-4-14)20(25)15-7-11-23-12-8-15/h1-8,10-12H,9,13H2. The molecule has 130 valence electrons. The average Bonchev–Trinajstić information content (AvgIpc) is 3.02. The molecule has 0 fully saturated rings. The number of halogens is 2. The van der Waals surface area contributed by atoms with Crippen molar-refractivity contribution in [2.24, 2.45) is 0 Å². The fraction of sp³-hybridized carbons (Fsp3) is 0.100. The summed E-state index contributed by atoms with van der Waals surface area (Å²) in [4.78, 5) is 14.6. The summed E-state index contributed by atoms with van der Waals surface area (Å²) in [5.41, 5.74) is 5.09. The maximum absolute atomic E-state index is 13.4. The van der Waals surface area contributed by atoms with Crippen molar-refractivity contribution in [2.45, 2.75) is 0 Å². The maximum Gasteiger partial charge on any atom is 0.128 e. The first-order valence-electron chi connectivity index (χ1n) is 8.14. The van der Waals surface area contributed by atoms with Gasteiger partial charge in [0.1, 0.15) is 23.5 Å². The molecule has 3 aromatic heterocycles. The number of nitrogens with zero attached hydrogens (tertiary/aromatic N) is 3. The van der Waals surface area contributed by atoms with Crippen molar-refractivity contribution < 1.29 is 9.23 Å². The van der Waals surface area contributed by atoms with Crippen molar-refractivity contribution in [3.8, 4) is 22.4 Å². The van der Waals surface area contributed by atoms with Crippen molar-refractivity contribution in [2.75, 3.05) is 12.5 Å². The molecular weight excluding hydrogens is 353 g/mol. The van der Waals surface area contributed by atoms with Crippen molar-refractivity contribution in [3.05, 3.63) is 72.9 Å². The number of alkyl halides is 1. The monoisotopic (exact) mass is 367 g/mol. The molecule has 0 amide bonds. The Labute approximate surface area is 154 Å². The number of hydrogen-bond acceptors (Lipinski definition) is 3. The van der Waals surface area contributed by atoms with E-state index in [0.717, 1.165) is 33.4 Å². The molecule has 0 spiro atoms.